The third kappa shape index (κ3) is 3.52. The Hall–Kier alpha value is -3.10. The van der Waals surface area contributed by atoms with Gasteiger partial charge in [0.2, 0.25) is 0 Å². The van der Waals surface area contributed by atoms with E-state index in [0.29, 0.717) is 11.5 Å². The smallest absolute Gasteiger partial charge is 0.133 e. The Balaban J connectivity index is 1.34. The van der Waals surface area contributed by atoms with Crippen molar-refractivity contribution < 1.29 is 0 Å². The van der Waals surface area contributed by atoms with Crippen molar-refractivity contribution in [2.45, 2.75) is 31.7 Å². The van der Waals surface area contributed by atoms with Crippen LogP contribution in [0.2, 0.25) is 0 Å². The fourth-order valence-electron chi connectivity index (χ4n) is 4.60. The van der Waals surface area contributed by atoms with Gasteiger partial charge in [-0.15, -0.1) is 0 Å². The van der Waals surface area contributed by atoms with Crippen molar-refractivity contribution in [3.8, 4) is 11.8 Å². The van der Waals surface area contributed by atoms with Crippen molar-refractivity contribution in [3.05, 3.63) is 77.0 Å². The summed E-state index contributed by atoms with van der Waals surface area (Å²) in [6, 6.07) is 20.6. The number of anilines is 1. The number of nitrogens with zero attached hydrogens (tertiary/aromatic N) is 4. The first-order valence-corrected chi connectivity index (χ1v) is 10.4. The zero-order valence-electron chi connectivity index (χ0n) is 16.5. The van der Waals surface area contributed by atoms with Crippen molar-refractivity contribution in [2.75, 3.05) is 25.0 Å². The third-order valence-electron chi connectivity index (χ3n) is 6.15. The standard InChI is InChI=1S/C24H25N5/c25-16-18-6-8-21(9-7-18)29-24-22(10-13-26-24)23(27-29)20-11-14-28(15-12-20)17-19-4-2-1-3-5-19/h1-9,20,26H,10-15,17H2. The molecular formula is C24H25N5. The molecule has 1 aromatic heterocycles. The summed E-state index contributed by atoms with van der Waals surface area (Å²) >= 11 is 0. The minimum atomic E-state index is 0.523. The average Bonchev–Trinajstić information content (AvgIpc) is 3.38. The average molecular weight is 383 g/mol. The van der Waals surface area contributed by atoms with Crippen LogP contribution in [0, 0.1) is 11.3 Å². The van der Waals surface area contributed by atoms with Crippen LogP contribution in [0.25, 0.3) is 5.69 Å². The fraction of sp³-hybridized carbons (Fsp3) is 0.333. The van der Waals surface area contributed by atoms with Gasteiger partial charge in [-0.3, -0.25) is 4.90 Å². The lowest BCUT2D eigenvalue weighted by molar-refractivity contribution is 0.203. The maximum Gasteiger partial charge on any atom is 0.133 e. The van der Waals surface area contributed by atoms with Crippen LogP contribution in [0.5, 0.6) is 0 Å². The van der Waals surface area contributed by atoms with E-state index in [1.54, 1.807) is 0 Å². The molecule has 0 saturated carbocycles. The van der Waals surface area contributed by atoms with Gasteiger partial charge in [0.15, 0.2) is 0 Å². The summed E-state index contributed by atoms with van der Waals surface area (Å²) in [6.45, 7) is 4.24. The summed E-state index contributed by atoms with van der Waals surface area (Å²) in [5.41, 5.74) is 5.74. The molecule has 0 radical (unpaired) electrons. The molecule has 0 aliphatic carbocycles. The lowest BCUT2D eigenvalue weighted by Crippen LogP contribution is -2.32. The first-order valence-electron chi connectivity index (χ1n) is 10.4. The van der Waals surface area contributed by atoms with Crippen LogP contribution in [0.15, 0.2) is 54.6 Å². The van der Waals surface area contributed by atoms with Gasteiger partial charge in [0.25, 0.3) is 0 Å². The number of hydrogen-bond acceptors (Lipinski definition) is 4. The van der Waals surface area contributed by atoms with Gasteiger partial charge in [0.1, 0.15) is 5.82 Å². The number of rotatable bonds is 4. The highest BCUT2D eigenvalue weighted by Crippen LogP contribution is 2.37. The summed E-state index contributed by atoms with van der Waals surface area (Å²) in [5.74, 6) is 1.66. The highest BCUT2D eigenvalue weighted by atomic mass is 15.3. The number of piperidine rings is 1. The highest BCUT2D eigenvalue weighted by Gasteiger charge is 2.30. The quantitative estimate of drug-likeness (QED) is 0.737. The Kier molecular flexibility index (Phi) is 4.79. The van der Waals surface area contributed by atoms with Gasteiger partial charge in [0.05, 0.1) is 23.0 Å². The first kappa shape index (κ1) is 18.0. The number of fused-ring (bicyclic) bond motifs is 1. The van der Waals surface area contributed by atoms with E-state index in [1.165, 1.54) is 16.8 Å². The second kappa shape index (κ2) is 7.73. The van der Waals surface area contributed by atoms with Crippen LogP contribution in [-0.2, 0) is 13.0 Å². The van der Waals surface area contributed by atoms with Crippen molar-refractivity contribution in [1.82, 2.24) is 14.7 Å². The molecule has 1 N–H and O–H groups in total. The summed E-state index contributed by atoms with van der Waals surface area (Å²) < 4.78 is 2.04. The van der Waals surface area contributed by atoms with Crippen LogP contribution < -0.4 is 5.32 Å². The van der Waals surface area contributed by atoms with Crippen LogP contribution in [0.4, 0.5) is 5.82 Å². The molecule has 2 aliphatic heterocycles. The molecule has 0 bridgehead atoms. The summed E-state index contributed by atoms with van der Waals surface area (Å²) in [5, 5.41) is 17.6. The molecule has 2 aromatic carbocycles. The second-order valence-corrected chi connectivity index (χ2v) is 8.00. The zero-order chi connectivity index (χ0) is 19.6. The molecule has 0 spiro atoms. The van der Waals surface area contributed by atoms with Gasteiger partial charge in [-0.2, -0.15) is 10.4 Å². The molecule has 146 valence electrons. The lowest BCUT2D eigenvalue weighted by atomic mass is 9.90. The van der Waals surface area contributed by atoms with Crippen LogP contribution >= 0.6 is 0 Å². The molecule has 1 saturated heterocycles. The van der Waals surface area contributed by atoms with Crippen molar-refractivity contribution in [3.63, 3.8) is 0 Å². The van der Waals surface area contributed by atoms with Crippen molar-refractivity contribution >= 4 is 5.82 Å². The molecule has 5 nitrogen and oxygen atoms in total. The predicted octanol–water partition coefficient (Wildman–Crippen LogP) is 4.09. The molecule has 3 aromatic rings. The van der Waals surface area contributed by atoms with E-state index in [-0.39, 0.29) is 0 Å². The highest BCUT2D eigenvalue weighted by molar-refractivity contribution is 5.58. The largest absolute Gasteiger partial charge is 0.369 e. The van der Waals surface area contributed by atoms with Crippen LogP contribution in [-0.4, -0.2) is 34.3 Å². The number of nitriles is 1. The third-order valence-corrected chi connectivity index (χ3v) is 6.15. The number of benzene rings is 2. The fourth-order valence-corrected chi connectivity index (χ4v) is 4.60. The molecule has 5 heteroatoms. The van der Waals surface area contributed by atoms with E-state index < -0.39 is 0 Å². The van der Waals surface area contributed by atoms with E-state index in [2.05, 4.69) is 46.6 Å². The predicted molar refractivity (Wildman–Crippen MR) is 114 cm³/mol. The number of likely N-dealkylation sites (tertiary alicyclic amines) is 1. The summed E-state index contributed by atoms with van der Waals surface area (Å²) in [7, 11) is 0. The molecule has 0 amide bonds. The normalized spacial score (nSPS) is 16.9. The van der Waals surface area contributed by atoms with E-state index >= 15 is 0 Å². The molecular weight excluding hydrogens is 358 g/mol. The van der Waals surface area contributed by atoms with Crippen LogP contribution in [0.3, 0.4) is 0 Å². The maximum absolute atomic E-state index is 9.05. The molecule has 0 atom stereocenters. The molecule has 1 fully saturated rings. The number of hydrogen-bond donors (Lipinski definition) is 1. The van der Waals surface area contributed by atoms with Gasteiger partial charge in [-0.05, 0) is 62.2 Å². The first-order chi connectivity index (χ1) is 14.3. The molecule has 29 heavy (non-hydrogen) atoms. The maximum atomic E-state index is 9.05. The van der Waals surface area contributed by atoms with Gasteiger partial charge in [0, 0.05) is 24.6 Å². The Morgan fingerprint density at radius 3 is 2.52 bits per heavy atom. The minimum Gasteiger partial charge on any atom is -0.369 e. The lowest BCUT2D eigenvalue weighted by Gasteiger charge is -2.31. The SMILES string of the molecule is N#Cc1ccc(-n2nc(C3CCN(Cc4ccccc4)CC3)c3c2NCC3)cc1. The van der Waals surface area contributed by atoms with Gasteiger partial charge < -0.3 is 5.32 Å². The molecule has 0 unspecified atom stereocenters. The van der Waals surface area contributed by atoms with E-state index in [4.69, 9.17) is 10.4 Å². The Morgan fingerprint density at radius 1 is 1.03 bits per heavy atom. The van der Waals surface area contributed by atoms with E-state index in [1.807, 2.05) is 28.9 Å². The Labute approximate surface area is 171 Å². The Bertz CT molecular complexity index is 1020. The number of aromatic nitrogens is 2. The second-order valence-electron chi connectivity index (χ2n) is 8.00. The Morgan fingerprint density at radius 2 is 1.79 bits per heavy atom. The van der Waals surface area contributed by atoms with Gasteiger partial charge in [-0.1, -0.05) is 30.3 Å². The number of nitrogens with one attached hydrogen (secondary N) is 1. The van der Waals surface area contributed by atoms with Crippen LogP contribution in [0.1, 0.15) is 41.1 Å². The van der Waals surface area contributed by atoms with Gasteiger partial charge in [-0.25, -0.2) is 4.68 Å². The van der Waals surface area contributed by atoms with Gasteiger partial charge >= 0.3 is 0 Å². The molecule has 5 rings (SSSR count). The monoisotopic (exact) mass is 383 g/mol. The zero-order valence-corrected chi connectivity index (χ0v) is 16.5. The van der Waals surface area contributed by atoms with Crippen molar-refractivity contribution in [1.29, 1.82) is 5.26 Å². The molecule has 3 heterocycles. The summed E-state index contributed by atoms with van der Waals surface area (Å²) in [6.07, 6.45) is 3.36. The summed E-state index contributed by atoms with van der Waals surface area (Å²) in [4.78, 5) is 2.56. The topological polar surface area (TPSA) is 56.9 Å². The molecule has 2 aliphatic rings. The van der Waals surface area contributed by atoms with Crippen molar-refractivity contribution in [2.24, 2.45) is 0 Å². The van der Waals surface area contributed by atoms with E-state index in [9.17, 15) is 0 Å². The minimum absolute atomic E-state index is 0.523. The van der Waals surface area contributed by atoms with E-state index in [0.717, 1.165) is 56.9 Å².